The second-order valence-corrected chi connectivity index (χ2v) is 21.8. The zero-order valence-electron chi connectivity index (χ0n) is 20.7. The molecule has 1 aliphatic heterocycles. The minimum atomic E-state index is -0.987. The van der Waals surface area contributed by atoms with Gasteiger partial charge in [0, 0.05) is 24.2 Å². The molecule has 0 unspecified atom stereocenters. The Bertz CT molecular complexity index is 692. The Kier molecular flexibility index (Phi) is 9.29. The maximum absolute atomic E-state index is 2.74. The first kappa shape index (κ1) is 25.7. The van der Waals surface area contributed by atoms with Crippen LogP contribution in [0.2, 0.25) is 14.8 Å². The summed E-state index contributed by atoms with van der Waals surface area (Å²) in [6, 6.07) is 22.4. The van der Waals surface area contributed by atoms with Crippen LogP contribution in [-0.4, -0.2) is 68.8 Å². The van der Waals surface area contributed by atoms with Crippen LogP contribution in [0.5, 0.6) is 0 Å². The molecule has 0 spiro atoms. The standard InChI is InChI=1S/C22H32BN2Si.3CH3.Sn/c1-21(2,3)24-17-18-25(22(4,5)6)23(24)26(19-13-9-7-10-14-19)20-15-11-8-12-16-20;;;;/h7-16H,17-18H2,1-6H3;3*1H3;. The van der Waals surface area contributed by atoms with Crippen LogP contribution in [0, 0.1) is 0 Å². The summed E-state index contributed by atoms with van der Waals surface area (Å²) in [5.74, 6) is 0. The van der Waals surface area contributed by atoms with Crippen molar-refractivity contribution in [3.05, 3.63) is 60.7 Å². The second kappa shape index (κ2) is 10.8. The van der Waals surface area contributed by atoms with Gasteiger partial charge in [-0.2, -0.15) is 0 Å². The van der Waals surface area contributed by atoms with Crippen LogP contribution in [0.25, 0.3) is 0 Å². The number of hydrogen-bond donors (Lipinski definition) is 0. The molecule has 3 rings (SSSR count). The first-order chi connectivity index (χ1) is 13.9. The molecule has 0 atom stereocenters. The van der Waals surface area contributed by atoms with Crippen LogP contribution in [0.4, 0.5) is 0 Å². The van der Waals surface area contributed by atoms with E-state index in [4.69, 9.17) is 0 Å². The van der Waals surface area contributed by atoms with Crippen molar-refractivity contribution in [2.75, 3.05) is 13.1 Å². The van der Waals surface area contributed by atoms with Gasteiger partial charge >= 0.3 is 41.2 Å². The number of rotatable bonds is 3. The predicted octanol–water partition coefficient (Wildman–Crippen LogP) is 4.45. The van der Waals surface area contributed by atoms with Gasteiger partial charge in [0.05, 0.1) is 0 Å². The zero-order chi connectivity index (χ0) is 22.5. The topological polar surface area (TPSA) is 6.48 Å². The van der Waals surface area contributed by atoms with Gasteiger partial charge in [0.2, 0.25) is 0 Å². The van der Waals surface area contributed by atoms with Crippen molar-refractivity contribution in [3.63, 3.8) is 0 Å². The summed E-state index contributed by atoms with van der Waals surface area (Å²) in [6.07, 6.45) is 0. The molecule has 1 heterocycles. The number of nitrogens with zero attached hydrogens (tertiary/aromatic N) is 2. The van der Waals surface area contributed by atoms with Gasteiger partial charge in [0.25, 0.3) is 0 Å². The molecule has 0 N–H and O–H groups in total. The molecule has 2 radical (unpaired) electrons. The molecule has 0 saturated carbocycles. The Morgan fingerprint density at radius 2 is 0.967 bits per heavy atom. The van der Waals surface area contributed by atoms with Gasteiger partial charge in [-0.15, -0.1) is 0 Å². The van der Waals surface area contributed by atoms with E-state index in [1.807, 2.05) is 0 Å². The molecule has 2 aromatic rings. The zero-order valence-corrected chi connectivity index (χ0v) is 24.5. The second-order valence-electron chi connectivity index (χ2n) is 10.7. The third kappa shape index (κ3) is 6.98. The average molecular weight is 527 g/mol. The molecule has 30 heavy (non-hydrogen) atoms. The van der Waals surface area contributed by atoms with Gasteiger partial charge in [-0.1, -0.05) is 71.0 Å². The summed E-state index contributed by atoms with van der Waals surface area (Å²) in [6.45, 7) is 16.9. The molecule has 0 bridgehead atoms. The normalized spacial score (nSPS) is 16.2. The van der Waals surface area contributed by atoms with Crippen molar-refractivity contribution < 1.29 is 0 Å². The fraction of sp³-hybridized carbons (Fsp3) is 0.520. The van der Waals surface area contributed by atoms with E-state index in [0.29, 0.717) is 6.57 Å². The van der Waals surface area contributed by atoms with E-state index in [-0.39, 0.29) is 11.1 Å². The number of benzene rings is 2. The number of hydrogen-bond acceptors (Lipinski definition) is 2. The molecule has 5 heteroatoms. The van der Waals surface area contributed by atoms with Crippen LogP contribution >= 0.6 is 0 Å². The van der Waals surface area contributed by atoms with E-state index in [1.165, 1.54) is 10.4 Å². The van der Waals surface area contributed by atoms with Crippen molar-refractivity contribution in [1.29, 1.82) is 0 Å². The Hall–Kier alpha value is -0.559. The van der Waals surface area contributed by atoms with Crippen LogP contribution in [-0.2, 0) is 0 Å². The SMILES string of the molecule is CC(C)(C)N1CCN(C(C)(C)C)B1[Si](c1ccccc1)c1ccccc1.[CH3][Sn]([CH3])[CH3]. The Balaban J connectivity index is 0.000000735. The van der Waals surface area contributed by atoms with E-state index in [1.54, 1.807) is 0 Å². The molecule has 1 aliphatic rings. The Morgan fingerprint density at radius 1 is 0.667 bits per heavy atom. The molecular weight excluding hydrogens is 486 g/mol. The fourth-order valence-corrected chi connectivity index (χ4v) is 7.73. The molecule has 2 aromatic carbocycles. The molecule has 1 saturated heterocycles. The van der Waals surface area contributed by atoms with E-state index >= 15 is 0 Å². The summed E-state index contributed by atoms with van der Waals surface area (Å²) in [4.78, 5) is 12.6. The van der Waals surface area contributed by atoms with Crippen LogP contribution in [0.15, 0.2) is 60.7 Å². The van der Waals surface area contributed by atoms with Gasteiger partial charge in [0.15, 0.2) is 0 Å². The first-order valence-corrected chi connectivity index (χ1v) is 21.3. The molecule has 0 amide bonds. The van der Waals surface area contributed by atoms with E-state index in [9.17, 15) is 0 Å². The van der Waals surface area contributed by atoms with Crippen LogP contribution in [0.1, 0.15) is 41.5 Å². The van der Waals surface area contributed by atoms with E-state index < -0.39 is 28.4 Å². The van der Waals surface area contributed by atoms with Crippen molar-refractivity contribution in [2.45, 2.75) is 67.4 Å². The average Bonchev–Trinajstić information content (AvgIpc) is 3.09. The maximum atomic E-state index is 2.74. The monoisotopic (exact) mass is 528 g/mol. The molecule has 0 aliphatic carbocycles. The summed E-state index contributed by atoms with van der Waals surface area (Å²) in [7, 11) is -0.987. The van der Waals surface area contributed by atoms with Crippen molar-refractivity contribution in [3.8, 4) is 0 Å². The third-order valence-corrected chi connectivity index (χ3v) is 8.37. The van der Waals surface area contributed by atoms with E-state index in [0.717, 1.165) is 13.1 Å². The molecule has 2 nitrogen and oxygen atoms in total. The summed E-state index contributed by atoms with van der Waals surface area (Å²) < 4.78 is 0. The summed E-state index contributed by atoms with van der Waals surface area (Å²) in [5.41, 5.74) is 0.314. The van der Waals surface area contributed by atoms with E-state index in [2.05, 4.69) is 127 Å². The quantitative estimate of drug-likeness (QED) is 0.545. The Labute approximate surface area is 195 Å². The van der Waals surface area contributed by atoms with Crippen molar-refractivity contribution >= 4 is 45.4 Å². The summed E-state index contributed by atoms with van der Waals surface area (Å²) in [5, 5.41) is 3.00. The van der Waals surface area contributed by atoms with Crippen molar-refractivity contribution in [2.24, 2.45) is 0 Å². The van der Waals surface area contributed by atoms with Gasteiger partial charge in [-0.05, 0) is 41.5 Å². The molecule has 162 valence electrons. The Morgan fingerprint density at radius 3 is 1.23 bits per heavy atom. The third-order valence-electron chi connectivity index (χ3n) is 5.32. The minimum absolute atomic E-state index is 0.157. The van der Waals surface area contributed by atoms with Gasteiger partial charge < -0.3 is 9.62 Å². The van der Waals surface area contributed by atoms with Gasteiger partial charge in [-0.3, -0.25) is 0 Å². The van der Waals surface area contributed by atoms with Gasteiger partial charge in [0.1, 0.15) is 8.67 Å². The molecule has 0 aromatic heterocycles. The first-order valence-electron chi connectivity index (χ1n) is 11.2. The van der Waals surface area contributed by atoms with Crippen LogP contribution < -0.4 is 10.4 Å². The van der Waals surface area contributed by atoms with Crippen LogP contribution in [0.3, 0.4) is 0 Å². The van der Waals surface area contributed by atoms with Crippen molar-refractivity contribution in [1.82, 2.24) is 9.62 Å². The predicted molar refractivity (Wildman–Crippen MR) is 140 cm³/mol. The fourth-order valence-electron chi connectivity index (χ4n) is 4.04. The summed E-state index contributed by atoms with van der Waals surface area (Å²) >= 11 is -0.543. The molecule has 1 fully saturated rings. The molecular formula is C25H41BN2SiSn. The van der Waals surface area contributed by atoms with Gasteiger partial charge in [-0.25, -0.2) is 0 Å².